The number of imide groups is 1. The Kier molecular flexibility index (Phi) is 6.59. The molecule has 5 heteroatoms. The van der Waals surface area contributed by atoms with Crippen molar-refractivity contribution in [1.82, 2.24) is 10.6 Å². The molecule has 0 aromatic heterocycles. The van der Waals surface area contributed by atoms with Crippen LogP contribution < -0.4 is 10.6 Å². The highest BCUT2D eigenvalue weighted by Crippen LogP contribution is 1.91. The van der Waals surface area contributed by atoms with Gasteiger partial charge in [-0.15, -0.1) is 23.4 Å². The molecule has 0 aliphatic carbocycles. The number of rotatable bonds is 3. The monoisotopic (exact) mass is 216 g/mol. The lowest BCUT2D eigenvalue weighted by atomic mass is 10.4. The first kappa shape index (κ1) is 12.8. The van der Waals surface area contributed by atoms with E-state index in [1.54, 1.807) is 6.92 Å². The van der Waals surface area contributed by atoms with Crippen molar-refractivity contribution in [3.63, 3.8) is 0 Å². The van der Waals surface area contributed by atoms with Gasteiger partial charge >= 0.3 is 6.03 Å². The maximum Gasteiger partial charge on any atom is 0.321 e. The SMILES string of the molecule is CC#CCCNC(=O)NC(=O)C(C)Cl. The van der Waals surface area contributed by atoms with Crippen molar-refractivity contribution in [1.29, 1.82) is 0 Å². The molecule has 0 bridgehead atoms. The summed E-state index contributed by atoms with van der Waals surface area (Å²) in [6, 6.07) is -0.541. The molecular formula is C9H13ClN2O2. The Hall–Kier alpha value is -1.21. The van der Waals surface area contributed by atoms with Crippen molar-refractivity contribution in [2.45, 2.75) is 25.6 Å². The van der Waals surface area contributed by atoms with E-state index in [1.807, 2.05) is 0 Å². The molecule has 3 amide bonds. The lowest BCUT2D eigenvalue weighted by Gasteiger charge is -2.05. The number of urea groups is 1. The van der Waals surface area contributed by atoms with E-state index >= 15 is 0 Å². The average molecular weight is 217 g/mol. The summed E-state index contributed by atoms with van der Waals surface area (Å²) in [6.07, 6.45) is 0.564. The molecule has 0 aromatic rings. The fraction of sp³-hybridized carbons (Fsp3) is 0.556. The third-order valence-electron chi connectivity index (χ3n) is 1.31. The summed E-state index contributed by atoms with van der Waals surface area (Å²) in [5, 5.41) is 3.85. The Morgan fingerprint density at radius 2 is 2.14 bits per heavy atom. The van der Waals surface area contributed by atoms with Crippen LogP contribution in [0.25, 0.3) is 0 Å². The number of nitrogens with one attached hydrogen (secondary N) is 2. The summed E-state index contributed by atoms with van der Waals surface area (Å²) in [6.45, 7) is 3.63. The van der Waals surface area contributed by atoms with Crippen LogP contribution in [0.1, 0.15) is 20.3 Å². The van der Waals surface area contributed by atoms with Gasteiger partial charge in [0.1, 0.15) is 5.38 Å². The topological polar surface area (TPSA) is 58.2 Å². The van der Waals surface area contributed by atoms with Crippen LogP contribution in [0, 0.1) is 11.8 Å². The molecule has 0 rings (SSSR count). The van der Waals surface area contributed by atoms with Gasteiger partial charge in [-0.2, -0.15) is 0 Å². The van der Waals surface area contributed by atoms with E-state index in [0.717, 1.165) is 0 Å². The van der Waals surface area contributed by atoms with E-state index in [4.69, 9.17) is 11.6 Å². The summed E-state index contributed by atoms with van der Waals surface area (Å²) in [5.74, 6) is 4.96. The van der Waals surface area contributed by atoms with Gasteiger partial charge in [-0.25, -0.2) is 4.79 Å². The highest BCUT2D eigenvalue weighted by Gasteiger charge is 2.11. The van der Waals surface area contributed by atoms with Gasteiger partial charge in [-0.3, -0.25) is 10.1 Å². The van der Waals surface area contributed by atoms with Crippen LogP contribution in [0.5, 0.6) is 0 Å². The molecule has 0 aliphatic rings. The van der Waals surface area contributed by atoms with Gasteiger partial charge in [-0.1, -0.05) is 0 Å². The van der Waals surface area contributed by atoms with E-state index in [1.165, 1.54) is 6.92 Å². The normalized spacial score (nSPS) is 10.8. The van der Waals surface area contributed by atoms with Crippen molar-refractivity contribution in [3.05, 3.63) is 0 Å². The minimum Gasteiger partial charge on any atom is -0.337 e. The van der Waals surface area contributed by atoms with Crippen LogP contribution in [0.15, 0.2) is 0 Å². The van der Waals surface area contributed by atoms with Crippen LogP contribution in [0.3, 0.4) is 0 Å². The average Bonchev–Trinajstić information content (AvgIpc) is 2.12. The van der Waals surface area contributed by atoms with Crippen LogP contribution in [-0.2, 0) is 4.79 Å². The number of carbonyl (C=O) groups excluding carboxylic acids is 2. The second-order valence-electron chi connectivity index (χ2n) is 2.54. The van der Waals surface area contributed by atoms with E-state index in [2.05, 4.69) is 22.5 Å². The molecule has 1 atom stereocenters. The van der Waals surface area contributed by atoms with Crippen LogP contribution in [-0.4, -0.2) is 23.9 Å². The minimum absolute atomic E-state index is 0.413. The number of amides is 3. The fourth-order valence-electron chi connectivity index (χ4n) is 0.619. The van der Waals surface area contributed by atoms with Gasteiger partial charge in [0.25, 0.3) is 0 Å². The van der Waals surface area contributed by atoms with Crippen molar-refractivity contribution >= 4 is 23.5 Å². The molecule has 2 N–H and O–H groups in total. The number of hydrogen-bond donors (Lipinski definition) is 2. The third-order valence-corrected chi connectivity index (χ3v) is 1.51. The quantitative estimate of drug-likeness (QED) is 0.418. The number of carbonyl (C=O) groups is 2. The predicted molar refractivity (Wildman–Crippen MR) is 54.9 cm³/mol. The highest BCUT2D eigenvalue weighted by atomic mass is 35.5. The summed E-state index contributed by atoms with van der Waals surface area (Å²) in [7, 11) is 0. The van der Waals surface area contributed by atoms with Crippen LogP contribution in [0.4, 0.5) is 4.79 Å². The summed E-state index contributed by atoms with van der Waals surface area (Å²) in [4.78, 5) is 21.9. The summed E-state index contributed by atoms with van der Waals surface area (Å²) < 4.78 is 0. The first-order valence-electron chi connectivity index (χ1n) is 4.20. The Morgan fingerprint density at radius 1 is 1.50 bits per heavy atom. The van der Waals surface area contributed by atoms with Gasteiger partial charge in [0.05, 0.1) is 0 Å². The van der Waals surface area contributed by atoms with E-state index in [9.17, 15) is 9.59 Å². The van der Waals surface area contributed by atoms with Crippen molar-refractivity contribution < 1.29 is 9.59 Å². The van der Waals surface area contributed by atoms with Gasteiger partial charge < -0.3 is 5.32 Å². The highest BCUT2D eigenvalue weighted by molar-refractivity contribution is 6.31. The van der Waals surface area contributed by atoms with E-state index in [-0.39, 0.29) is 0 Å². The molecule has 14 heavy (non-hydrogen) atoms. The molecule has 0 saturated carbocycles. The molecule has 0 aliphatic heterocycles. The molecule has 78 valence electrons. The molecule has 4 nitrogen and oxygen atoms in total. The van der Waals surface area contributed by atoms with E-state index < -0.39 is 17.3 Å². The molecule has 0 fully saturated rings. The van der Waals surface area contributed by atoms with Gasteiger partial charge in [0, 0.05) is 13.0 Å². The second-order valence-corrected chi connectivity index (χ2v) is 3.19. The third kappa shape index (κ3) is 6.32. The van der Waals surface area contributed by atoms with Crippen LogP contribution in [0.2, 0.25) is 0 Å². The largest absolute Gasteiger partial charge is 0.337 e. The molecule has 0 radical (unpaired) electrons. The smallest absolute Gasteiger partial charge is 0.321 e. The minimum atomic E-state index is -0.712. The molecule has 0 saturated heterocycles. The lowest BCUT2D eigenvalue weighted by Crippen LogP contribution is -2.42. The Labute approximate surface area is 88.4 Å². The number of hydrogen-bond acceptors (Lipinski definition) is 2. The zero-order valence-electron chi connectivity index (χ0n) is 8.19. The Bertz CT molecular complexity index is 266. The van der Waals surface area contributed by atoms with Gasteiger partial charge in [0.2, 0.25) is 5.91 Å². The van der Waals surface area contributed by atoms with Gasteiger partial charge in [0.15, 0.2) is 0 Å². The van der Waals surface area contributed by atoms with Crippen molar-refractivity contribution in [3.8, 4) is 11.8 Å². The maximum atomic E-state index is 11.0. The zero-order valence-corrected chi connectivity index (χ0v) is 8.94. The molecule has 0 spiro atoms. The molecule has 0 aromatic carbocycles. The van der Waals surface area contributed by atoms with E-state index in [0.29, 0.717) is 13.0 Å². The lowest BCUT2D eigenvalue weighted by molar-refractivity contribution is -0.119. The molecular weight excluding hydrogens is 204 g/mol. The predicted octanol–water partition coefficient (Wildman–Crippen LogP) is 0.853. The van der Waals surface area contributed by atoms with Gasteiger partial charge in [-0.05, 0) is 13.8 Å². The molecule has 0 heterocycles. The van der Waals surface area contributed by atoms with Crippen LogP contribution >= 0.6 is 11.6 Å². The number of alkyl halides is 1. The van der Waals surface area contributed by atoms with Crippen molar-refractivity contribution in [2.75, 3.05) is 6.54 Å². The second kappa shape index (κ2) is 7.22. The first-order chi connectivity index (χ1) is 6.57. The standard InChI is InChI=1S/C9H13ClN2O2/c1-3-4-5-6-11-9(14)12-8(13)7(2)10/h7H,5-6H2,1-2H3,(H2,11,12,13,14). The maximum absolute atomic E-state index is 11.0. The summed E-state index contributed by atoms with van der Waals surface area (Å²) >= 11 is 5.44. The number of halogens is 1. The summed E-state index contributed by atoms with van der Waals surface area (Å²) in [5.41, 5.74) is 0. The first-order valence-corrected chi connectivity index (χ1v) is 4.64. The van der Waals surface area contributed by atoms with Crippen molar-refractivity contribution in [2.24, 2.45) is 0 Å². The Morgan fingerprint density at radius 3 is 2.64 bits per heavy atom. The zero-order chi connectivity index (χ0) is 11.0. The fourth-order valence-corrected chi connectivity index (χ4v) is 0.674. The molecule has 1 unspecified atom stereocenters. The Balaban J connectivity index is 3.64.